The van der Waals surface area contributed by atoms with Gasteiger partial charge in [0.05, 0.1) is 6.61 Å². The second-order valence-corrected chi connectivity index (χ2v) is 5.84. The predicted octanol–water partition coefficient (Wildman–Crippen LogP) is 2.83. The molecule has 1 heterocycles. The maximum atomic E-state index is 12.8. The number of rotatable bonds is 6. The lowest BCUT2D eigenvalue weighted by Gasteiger charge is -2.29. The first kappa shape index (κ1) is 17.0. The van der Waals surface area contributed by atoms with Gasteiger partial charge in [-0.05, 0) is 31.0 Å². The Kier molecular flexibility index (Phi) is 5.33. The zero-order chi connectivity index (χ0) is 17.6. The molecule has 0 aromatic heterocycles. The molecule has 1 aliphatic rings. The third-order valence-electron chi connectivity index (χ3n) is 4.15. The van der Waals surface area contributed by atoms with E-state index in [4.69, 9.17) is 9.47 Å². The molecule has 5 nitrogen and oxygen atoms in total. The van der Waals surface area contributed by atoms with Gasteiger partial charge in [-0.1, -0.05) is 36.4 Å². The van der Waals surface area contributed by atoms with Crippen molar-refractivity contribution < 1.29 is 19.1 Å². The molecule has 0 saturated heterocycles. The van der Waals surface area contributed by atoms with Gasteiger partial charge in [0.25, 0.3) is 5.91 Å². The zero-order valence-corrected chi connectivity index (χ0v) is 14.2. The van der Waals surface area contributed by atoms with Gasteiger partial charge in [0, 0.05) is 24.2 Å². The number of amides is 1. The van der Waals surface area contributed by atoms with Crippen LogP contribution < -0.4 is 4.74 Å². The largest absolute Gasteiger partial charge is 0.482 e. The highest BCUT2D eigenvalue weighted by atomic mass is 16.6. The van der Waals surface area contributed by atoms with Crippen molar-refractivity contribution in [3.05, 3.63) is 65.2 Å². The van der Waals surface area contributed by atoms with Crippen LogP contribution >= 0.6 is 0 Å². The van der Waals surface area contributed by atoms with Gasteiger partial charge in [-0.2, -0.15) is 0 Å². The van der Waals surface area contributed by atoms with E-state index in [0.29, 0.717) is 37.4 Å². The highest BCUT2D eigenvalue weighted by molar-refractivity contribution is 5.97. The van der Waals surface area contributed by atoms with Crippen molar-refractivity contribution in [3.8, 4) is 5.75 Å². The molecule has 0 aliphatic carbocycles. The molecule has 0 atom stereocenters. The summed E-state index contributed by atoms with van der Waals surface area (Å²) >= 11 is 0. The van der Waals surface area contributed by atoms with Crippen molar-refractivity contribution in [3.63, 3.8) is 0 Å². The van der Waals surface area contributed by atoms with E-state index >= 15 is 0 Å². The fraction of sp³-hybridized carbons (Fsp3) is 0.300. The van der Waals surface area contributed by atoms with Crippen molar-refractivity contribution in [2.75, 3.05) is 19.8 Å². The molecular formula is C20H21NO4. The van der Waals surface area contributed by atoms with Gasteiger partial charge in [0.2, 0.25) is 0 Å². The lowest BCUT2D eigenvalue weighted by Crippen LogP contribution is -2.37. The Morgan fingerprint density at radius 1 is 1.12 bits per heavy atom. The third kappa shape index (κ3) is 3.99. The van der Waals surface area contributed by atoms with Crippen LogP contribution in [0.1, 0.15) is 28.4 Å². The molecule has 1 amide bonds. The molecule has 0 spiro atoms. The van der Waals surface area contributed by atoms with Crippen LogP contribution in [0, 0.1) is 0 Å². The van der Waals surface area contributed by atoms with E-state index in [2.05, 4.69) is 0 Å². The second-order valence-electron chi connectivity index (χ2n) is 5.84. The van der Waals surface area contributed by atoms with Crippen LogP contribution in [-0.4, -0.2) is 36.5 Å². The summed E-state index contributed by atoms with van der Waals surface area (Å²) in [5.41, 5.74) is 2.61. The van der Waals surface area contributed by atoms with Crippen LogP contribution in [0.3, 0.4) is 0 Å². The summed E-state index contributed by atoms with van der Waals surface area (Å²) in [6.07, 6.45) is 0.701. The maximum Gasteiger partial charge on any atom is 0.344 e. The minimum absolute atomic E-state index is 0.00770. The molecule has 5 heteroatoms. The van der Waals surface area contributed by atoms with Gasteiger partial charge in [0.15, 0.2) is 6.61 Å². The Bertz CT molecular complexity index is 758. The molecule has 25 heavy (non-hydrogen) atoms. The van der Waals surface area contributed by atoms with E-state index in [9.17, 15) is 9.59 Å². The summed E-state index contributed by atoms with van der Waals surface area (Å²) < 4.78 is 10.4. The van der Waals surface area contributed by atoms with E-state index in [1.165, 1.54) is 0 Å². The number of benzene rings is 2. The van der Waals surface area contributed by atoms with Gasteiger partial charge in [-0.25, -0.2) is 4.79 Å². The average Bonchev–Trinajstić information content (AvgIpc) is 2.63. The summed E-state index contributed by atoms with van der Waals surface area (Å²) in [6.45, 7) is 3.14. The highest BCUT2D eigenvalue weighted by Crippen LogP contribution is 2.28. The molecule has 0 fully saturated rings. The number of nitrogens with zero attached hydrogens (tertiary/aromatic N) is 1. The van der Waals surface area contributed by atoms with Crippen molar-refractivity contribution in [2.24, 2.45) is 0 Å². The molecule has 2 aromatic rings. The molecular weight excluding hydrogens is 318 g/mol. The van der Waals surface area contributed by atoms with Crippen LogP contribution in [0.5, 0.6) is 5.75 Å². The normalized spacial score (nSPS) is 13.3. The van der Waals surface area contributed by atoms with Gasteiger partial charge >= 0.3 is 5.97 Å². The number of esters is 1. The Hall–Kier alpha value is -2.82. The van der Waals surface area contributed by atoms with Crippen LogP contribution in [0.15, 0.2) is 48.5 Å². The molecule has 0 radical (unpaired) electrons. The number of ether oxygens (including phenoxy) is 2. The lowest BCUT2D eigenvalue weighted by molar-refractivity contribution is -0.145. The Labute approximate surface area is 147 Å². The molecule has 130 valence electrons. The summed E-state index contributed by atoms with van der Waals surface area (Å²) in [6, 6.07) is 15.3. The Balaban J connectivity index is 1.73. The predicted molar refractivity (Wildman–Crippen MR) is 93.5 cm³/mol. The van der Waals surface area contributed by atoms with E-state index in [-0.39, 0.29) is 12.5 Å². The van der Waals surface area contributed by atoms with Gasteiger partial charge in [0.1, 0.15) is 5.75 Å². The summed E-state index contributed by atoms with van der Waals surface area (Å²) in [7, 11) is 0. The number of hydrogen-bond donors (Lipinski definition) is 0. The minimum Gasteiger partial charge on any atom is -0.482 e. The van der Waals surface area contributed by atoms with Crippen LogP contribution in [-0.2, 0) is 22.5 Å². The first-order chi connectivity index (χ1) is 12.2. The summed E-state index contributed by atoms with van der Waals surface area (Å²) in [5.74, 6) is 0.165. The molecule has 3 rings (SSSR count). The van der Waals surface area contributed by atoms with Gasteiger partial charge < -0.3 is 14.4 Å². The monoisotopic (exact) mass is 339 g/mol. The quantitative estimate of drug-likeness (QED) is 0.760. The number of carbonyl (C=O) groups is 2. The number of carbonyl (C=O) groups excluding carboxylic acids is 2. The van der Waals surface area contributed by atoms with E-state index in [0.717, 1.165) is 11.1 Å². The fourth-order valence-corrected chi connectivity index (χ4v) is 2.97. The Morgan fingerprint density at radius 3 is 2.68 bits per heavy atom. The molecule has 0 N–H and O–H groups in total. The summed E-state index contributed by atoms with van der Waals surface area (Å²) in [4.78, 5) is 26.1. The highest BCUT2D eigenvalue weighted by Gasteiger charge is 2.26. The van der Waals surface area contributed by atoms with Crippen LogP contribution in [0.2, 0.25) is 0 Å². The molecule has 0 unspecified atom stereocenters. The van der Waals surface area contributed by atoms with Crippen LogP contribution in [0.25, 0.3) is 0 Å². The van der Waals surface area contributed by atoms with E-state index < -0.39 is 5.97 Å². The van der Waals surface area contributed by atoms with Gasteiger partial charge in [-0.3, -0.25) is 4.79 Å². The van der Waals surface area contributed by atoms with E-state index in [1.54, 1.807) is 19.1 Å². The standard InChI is InChI=1S/C20H21NO4/c1-2-24-19(22)14-25-18-10-6-9-17-16(18)11-12-21(20(17)23)13-15-7-4-3-5-8-15/h3-10H,2,11-14H2,1H3. The third-order valence-corrected chi connectivity index (χ3v) is 4.15. The van der Waals surface area contributed by atoms with E-state index in [1.807, 2.05) is 41.3 Å². The lowest BCUT2D eigenvalue weighted by atomic mass is 9.97. The first-order valence-corrected chi connectivity index (χ1v) is 8.42. The van der Waals surface area contributed by atoms with Crippen molar-refractivity contribution in [1.82, 2.24) is 4.90 Å². The number of fused-ring (bicyclic) bond motifs is 1. The molecule has 1 aliphatic heterocycles. The number of hydrogen-bond acceptors (Lipinski definition) is 4. The van der Waals surface area contributed by atoms with Crippen LogP contribution in [0.4, 0.5) is 0 Å². The molecule has 0 bridgehead atoms. The average molecular weight is 339 g/mol. The first-order valence-electron chi connectivity index (χ1n) is 8.42. The van der Waals surface area contributed by atoms with Crippen molar-refractivity contribution >= 4 is 11.9 Å². The molecule has 2 aromatic carbocycles. The Morgan fingerprint density at radius 2 is 1.92 bits per heavy atom. The smallest absolute Gasteiger partial charge is 0.344 e. The maximum absolute atomic E-state index is 12.8. The van der Waals surface area contributed by atoms with Crippen molar-refractivity contribution in [1.29, 1.82) is 0 Å². The summed E-state index contributed by atoms with van der Waals surface area (Å²) in [5, 5.41) is 0. The SMILES string of the molecule is CCOC(=O)COc1cccc2c1CCN(Cc1ccccc1)C2=O. The second kappa shape index (κ2) is 7.83. The van der Waals surface area contributed by atoms with Crippen molar-refractivity contribution in [2.45, 2.75) is 19.9 Å². The fourth-order valence-electron chi connectivity index (χ4n) is 2.97. The van der Waals surface area contributed by atoms with Gasteiger partial charge in [-0.15, -0.1) is 0 Å². The minimum atomic E-state index is -0.409. The topological polar surface area (TPSA) is 55.8 Å². The molecule has 0 saturated carbocycles. The zero-order valence-electron chi connectivity index (χ0n) is 14.2.